The summed E-state index contributed by atoms with van der Waals surface area (Å²) in [6, 6.07) is 5.63. The van der Waals surface area contributed by atoms with Crippen LogP contribution in [0.1, 0.15) is 22.3 Å². The summed E-state index contributed by atoms with van der Waals surface area (Å²) in [6.07, 6.45) is 0.745. The molecule has 0 radical (unpaired) electrons. The maximum atomic E-state index is 12.1. The molecule has 1 aromatic carbocycles. The highest BCUT2D eigenvalue weighted by Crippen LogP contribution is 2.18. The van der Waals surface area contributed by atoms with E-state index < -0.39 is 10.8 Å². The van der Waals surface area contributed by atoms with E-state index in [2.05, 4.69) is 20.8 Å². The van der Waals surface area contributed by atoms with Gasteiger partial charge in [0, 0.05) is 6.07 Å². The molecular weight excluding hydrogens is 326 g/mol. The van der Waals surface area contributed by atoms with Crippen molar-refractivity contribution in [2.24, 2.45) is 0 Å². The summed E-state index contributed by atoms with van der Waals surface area (Å²) in [4.78, 5) is 22.3. The number of hydrogen-bond donors (Lipinski definition) is 2. The molecular formula is C12H11N5O3S2. The molecule has 2 rings (SSSR count). The summed E-state index contributed by atoms with van der Waals surface area (Å²) in [5.74, 6) is -0.662. The van der Waals surface area contributed by atoms with Crippen molar-refractivity contribution in [1.82, 2.24) is 15.5 Å². The van der Waals surface area contributed by atoms with Gasteiger partial charge in [-0.1, -0.05) is 30.4 Å². The van der Waals surface area contributed by atoms with Crippen molar-refractivity contribution in [3.8, 4) is 0 Å². The minimum absolute atomic E-state index is 0.00181. The molecule has 2 aromatic rings. The van der Waals surface area contributed by atoms with E-state index in [-0.39, 0.29) is 16.4 Å². The Labute approximate surface area is 134 Å². The third kappa shape index (κ3) is 3.80. The van der Waals surface area contributed by atoms with Crippen molar-refractivity contribution in [1.29, 1.82) is 0 Å². The summed E-state index contributed by atoms with van der Waals surface area (Å²) in [5, 5.41) is 25.1. The van der Waals surface area contributed by atoms with Crippen molar-refractivity contribution < 1.29 is 9.72 Å². The van der Waals surface area contributed by atoms with Crippen LogP contribution in [0.25, 0.3) is 0 Å². The van der Waals surface area contributed by atoms with Crippen LogP contribution in [0.15, 0.2) is 24.3 Å². The van der Waals surface area contributed by atoms with Crippen LogP contribution in [0.2, 0.25) is 0 Å². The molecule has 1 amide bonds. The molecule has 10 heteroatoms. The maximum Gasteiger partial charge on any atom is 0.282 e. The van der Waals surface area contributed by atoms with Crippen LogP contribution in [-0.4, -0.2) is 26.1 Å². The van der Waals surface area contributed by atoms with Crippen LogP contribution in [0, 0.1) is 10.1 Å². The van der Waals surface area contributed by atoms with E-state index in [1.807, 2.05) is 6.92 Å². The Hall–Kier alpha value is -2.46. The van der Waals surface area contributed by atoms with Gasteiger partial charge >= 0.3 is 0 Å². The fourth-order valence-corrected chi connectivity index (χ4v) is 2.51. The summed E-state index contributed by atoms with van der Waals surface area (Å²) >= 11 is 6.30. The molecule has 0 spiro atoms. The Morgan fingerprint density at radius 3 is 2.77 bits per heavy atom. The Kier molecular flexibility index (Phi) is 5.07. The monoisotopic (exact) mass is 337 g/mol. The van der Waals surface area contributed by atoms with Crippen LogP contribution < -0.4 is 10.6 Å². The van der Waals surface area contributed by atoms with Crippen LogP contribution >= 0.6 is 23.6 Å². The Morgan fingerprint density at radius 2 is 2.14 bits per heavy atom. The Morgan fingerprint density at radius 1 is 1.41 bits per heavy atom. The van der Waals surface area contributed by atoms with Crippen molar-refractivity contribution in [3.63, 3.8) is 0 Å². The number of amides is 1. The number of aryl methyl sites for hydroxylation is 1. The molecule has 0 bridgehead atoms. The quantitative estimate of drug-likeness (QED) is 0.499. The fourth-order valence-electron chi connectivity index (χ4n) is 1.57. The number of carbonyl (C=O) groups is 1. The minimum atomic E-state index is -0.662. The number of nitro benzene ring substituents is 1. The third-order valence-corrected chi connectivity index (χ3v) is 3.75. The molecule has 114 valence electrons. The first-order valence-corrected chi connectivity index (χ1v) is 7.42. The van der Waals surface area contributed by atoms with E-state index in [4.69, 9.17) is 12.2 Å². The molecule has 0 fully saturated rings. The highest BCUT2D eigenvalue weighted by molar-refractivity contribution is 7.80. The third-order valence-electron chi connectivity index (χ3n) is 2.56. The van der Waals surface area contributed by atoms with Gasteiger partial charge in [-0.2, -0.15) is 0 Å². The molecule has 0 saturated heterocycles. The number of thiocarbonyl (C=S) groups is 1. The lowest BCUT2D eigenvalue weighted by Crippen LogP contribution is -2.34. The molecule has 0 aliphatic rings. The molecule has 0 aliphatic carbocycles. The van der Waals surface area contributed by atoms with Crippen molar-refractivity contribution in [3.05, 3.63) is 45.0 Å². The highest BCUT2D eigenvalue weighted by Gasteiger charge is 2.20. The molecule has 2 N–H and O–H groups in total. The average Bonchev–Trinajstić information content (AvgIpc) is 2.94. The Bertz CT molecular complexity index is 731. The molecule has 22 heavy (non-hydrogen) atoms. The van der Waals surface area contributed by atoms with Gasteiger partial charge in [0.1, 0.15) is 10.6 Å². The topological polar surface area (TPSA) is 110 Å². The SMILES string of the molecule is CCc1nnc(NC(=S)NC(=O)c2ccccc2[N+](=O)[O-])s1. The highest BCUT2D eigenvalue weighted by atomic mass is 32.1. The number of anilines is 1. The average molecular weight is 337 g/mol. The number of nitrogens with zero attached hydrogens (tertiary/aromatic N) is 3. The number of hydrogen-bond acceptors (Lipinski definition) is 7. The van der Waals surface area contributed by atoms with E-state index in [0.29, 0.717) is 5.13 Å². The fraction of sp³-hybridized carbons (Fsp3) is 0.167. The van der Waals surface area contributed by atoms with Crippen molar-refractivity contribution in [2.75, 3.05) is 5.32 Å². The second kappa shape index (κ2) is 7.00. The van der Waals surface area contributed by atoms with E-state index in [9.17, 15) is 14.9 Å². The Balaban J connectivity index is 2.05. The van der Waals surface area contributed by atoms with Gasteiger partial charge in [0.2, 0.25) is 5.13 Å². The number of nitro groups is 1. The first-order valence-electron chi connectivity index (χ1n) is 6.19. The molecule has 0 unspecified atom stereocenters. The summed E-state index contributed by atoms with van der Waals surface area (Å²) < 4.78 is 0. The zero-order valence-corrected chi connectivity index (χ0v) is 13.0. The molecule has 0 aliphatic heterocycles. The van der Waals surface area contributed by atoms with Gasteiger partial charge in [0.05, 0.1) is 4.92 Å². The smallest absolute Gasteiger partial charge is 0.282 e. The largest absolute Gasteiger partial charge is 0.307 e. The molecule has 8 nitrogen and oxygen atoms in total. The summed E-state index contributed by atoms with van der Waals surface area (Å²) in [6.45, 7) is 1.94. The predicted molar refractivity (Wildman–Crippen MR) is 86.1 cm³/mol. The molecule has 0 saturated carbocycles. The zero-order valence-electron chi connectivity index (χ0n) is 11.4. The van der Waals surface area contributed by atoms with Crippen molar-refractivity contribution in [2.45, 2.75) is 13.3 Å². The standard InChI is InChI=1S/C12H11N5O3S2/c1-2-9-15-16-12(22-9)14-11(21)13-10(18)7-5-3-4-6-8(7)17(19)20/h3-6H,2H2,1H3,(H2,13,14,16,18,21). The lowest BCUT2D eigenvalue weighted by molar-refractivity contribution is -0.385. The summed E-state index contributed by atoms with van der Waals surface area (Å²) in [5.41, 5.74) is -0.352. The first-order chi connectivity index (χ1) is 10.5. The minimum Gasteiger partial charge on any atom is -0.307 e. The van der Waals surface area contributed by atoms with E-state index in [1.54, 1.807) is 0 Å². The molecule has 1 heterocycles. The number of carbonyl (C=O) groups excluding carboxylic acids is 1. The maximum absolute atomic E-state index is 12.1. The van der Waals surface area contributed by atoms with Crippen LogP contribution in [0.3, 0.4) is 0 Å². The molecule has 1 aromatic heterocycles. The number of rotatable bonds is 4. The van der Waals surface area contributed by atoms with Gasteiger partial charge in [0.25, 0.3) is 11.6 Å². The second-order valence-corrected chi connectivity index (χ2v) is 5.51. The van der Waals surface area contributed by atoms with Gasteiger partial charge in [-0.15, -0.1) is 10.2 Å². The zero-order chi connectivity index (χ0) is 16.1. The first kappa shape index (κ1) is 15.9. The van der Waals surface area contributed by atoms with Crippen LogP contribution in [0.4, 0.5) is 10.8 Å². The number of aromatic nitrogens is 2. The lowest BCUT2D eigenvalue weighted by Gasteiger charge is -2.07. The lowest BCUT2D eigenvalue weighted by atomic mass is 10.1. The number of para-hydroxylation sites is 1. The number of nitrogens with one attached hydrogen (secondary N) is 2. The molecule has 0 atom stereocenters. The van der Waals surface area contributed by atoms with Gasteiger partial charge in [-0.05, 0) is 24.7 Å². The van der Waals surface area contributed by atoms with Gasteiger partial charge < -0.3 is 5.32 Å². The van der Waals surface area contributed by atoms with Gasteiger partial charge in [-0.25, -0.2) is 0 Å². The predicted octanol–water partition coefficient (Wildman–Crippen LogP) is 2.14. The number of benzene rings is 1. The van der Waals surface area contributed by atoms with Gasteiger partial charge in [0.15, 0.2) is 5.11 Å². The second-order valence-electron chi connectivity index (χ2n) is 4.04. The van der Waals surface area contributed by atoms with Crippen LogP contribution in [0.5, 0.6) is 0 Å². The normalized spacial score (nSPS) is 10.0. The van der Waals surface area contributed by atoms with E-state index in [1.165, 1.54) is 35.6 Å². The van der Waals surface area contributed by atoms with Crippen molar-refractivity contribution >= 4 is 45.4 Å². The summed E-state index contributed by atoms with van der Waals surface area (Å²) in [7, 11) is 0. The van der Waals surface area contributed by atoms with E-state index in [0.717, 1.165) is 11.4 Å². The van der Waals surface area contributed by atoms with Crippen LogP contribution in [-0.2, 0) is 6.42 Å². The van der Waals surface area contributed by atoms with E-state index >= 15 is 0 Å². The van der Waals surface area contributed by atoms with Gasteiger partial charge in [-0.3, -0.25) is 20.2 Å².